The lowest BCUT2D eigenvalue weighted by Gasteiger charge is -2.04. The maximum absolute atomic E-state index is 11.1. The van der Waals surface area contributed by atoms with Gasteiger partial charge in [-0.15, -0.1) is 0 Å². The highest BCUT2D eigenvalue weighted by atomic mass is 79.9. The zero-order valence-corrected chi connectivity index (χ0v) is 9.48. The fourth-order valence-electron chi connectivity index (χ4n) is 1.39. The predicted molar refractivity (Wildman–Crippen MR) is 58.0 cm³/mol. The van der Waals surface area contributed by atoms with Gasteiger partial charge in [0.1, 0.15) is 11.3 Å². The van der Waals surface area contributed by atoms with Gasteiger partial charge in [-0.3, -0.25) is 4.79 Å². The minimum Gasteiger partial charge on any atom is -0.494 e. The van der Waals surface area contributed by atoms with Crippen molar-refractivity contribution in [3.05, 3.63) is 28.5 Å². The van der Waals surface area contributed by atoms with Gasteiger partial charge in [0, 0.05) is 10.7 Å². The first-order valence-corrected chi connectivity index (χ1v) is 4.93. The molecule has 6 heteroatoms. The number of fused-ring (bicyclic) bond motifs is 1. The SMILES string of the molecule is COc1cc(Br)cn2ncc(C(N)=O)c12. The van der Waals surface area contributed by atoms with E-state index in [2.05, 4.69) is 21.0 Å². The van der Waals surface area contributed by atoms with Crippen LogP contribution in [-0.4, -0.2) is 22.6 Å². The third-order valence-corrected chi connectivity index (χ3v) is 2.46. The fourth-order valence-corrected chi connectivity index (χ4v) is 1.79. The monoisotopic (exact) mass is 269 g/mol. The van der Waals surface area contributed by atoms with Gasteiger partial charge in [0.25, 0.3) is 5.91 Å². The summed E-state index contributed by atoms with van der Waals surface area (Å²) in [6, 6.07) is 1.75. The summed E-state index contributed by atoms with van der Waals surface area (Å²) in [5.41, 5.74) is 6.15. The molecule has 2 rings (SSSR count). The van der Waals surface area contributed by atoms with Gasteiger partial charge in [0.05, 0.1) is 18.9 Å². The molecular weight excluding hydrogens is 262 g/mol. The normalized spacial score (nSPS) is 10.5. The van der Waals surface area contributed by atoms with E-state index in [0.717, 1.165) is 4.47 Å². The van der Waals surface area contributed by atoms with Crippen molar-refractivity contribution in [1.29, 1.82) is 0 Å². The molecule has 0 aromatic carbocycles. The number of nitrogens with zero attached hydrogens (tertiary/aromatic N) is 2. The molecule has 0 saturated carbocycles. The molecule has 5 nitrogen and oxygen atoms in total. The number of primary amides is 1. The highest BCUT2D eigenvalue weighted by Gasteiger charge is 2.14. The Morgan fingerprint density at radius 2 is 2.40 bits per heavy atom. The number of carbonyl (C=O) groups excluding carboxylic acids is 1. The number of amides is 1. The fraction of sp³-hybridized carbons (Fsp3) is 0.111. The van der Waals surface area contributed by atoms with Crippen LogP contribution in [0.25, 0.3) is 5.52 Å². The van der Waals surface area contributed by atoms with Crippen LogP contribution in [-0.2, 0) is 0 Å². The molecule has 0 radical (unpaired) electrons. The molecule has 0 unspecified atom stereocenters. The molecule has 0 aliphatic carbocycles. The third-order valence-electron chi connectivity index (χ3n) is 2.03. The largest absolute Gasteiger partial charge is 0.494 e. The molecule has 0 saturated heterocycles. The number of carbonyl (C=O) groups is 1. The van der Waals surface area contributed by atoms with Crippen molar-refractivity contribution in [2.45, 2.75) is 0 Å². The van der Waals surface area contributed by atoms with Gasteiger partial charge in [0.15, 0.2) is 0 Å². The van der Waals surface area contributed by atoms with E-state index in [-0.39, 0.29) is 0 Å². The molecule has 15 heavy (non-hydrogen) atoms. The van der Waals surface area contributed by atoms with Crippen LogP contribution in [0, 0.1) is 0 Å². The third kappa shape index (κ3) is 1.56. The molecule has 0 aliphatic heterocycles. The van der Waals surface area contributed by atoms with Crippen LogP contribution >= 0.6 is 15.9 Å². The summed E-state index contributed by atoms with van der Waals surface area (Å²) >= 11 is 3.31. The Morgan fingerprint density at radius 1 is 1.67 bits per heavy atom. The molecule has 2 aromatic heterocycles. The lowest BCUT2D eigenvalue weighted by molar-refractivity contribution is 0.100. The molecule has 1 amide bonds. The number of hydrogen-bond donors (Lipinski definition) is 1. The second kappa shape index (κ2) is 3.54. The maximum Gasteiger partial charge on any atom is 0.252 e. The van der Waals surface area contributed by atoms with Crippen molar-refractivity contribution in [3.63, 3.8) is 0 Å². The van der Waals surface area contributed by atoms with Crippen LogP contribution in [0.15, 0.2) is 22.9 Å². The topological polar surface area (TPSA) is 69.6 Å². The van der Waals surface area contributed by atoms with Crippen LogP contribution in [0.4, 0.5) is 0 Å². The lowest BCUT2D eigenvalue weighted by Crippen LogP contribution is -2.10. The predicted octanol–water partition coefficient (Wildman–Crippen LogP) is 1.20. The first-order chi connectivity index (χ1) is 7.13. The van der Waals surface area contributed by atoms with Crippen molar-refractivity contribution in [1.82, 2.24) is 9.61 Å². The maximum atomic E-state index is 11.1. The summed E-state index contributed by atoms with van der Waals surface area (Å²) in [5.74, 6) is 0.0290. The number of hydrogen-bond acceptors (Lipinski definition) is 3. The minimum absolute atomic E-state index is 0.347. The number of rotatable bonds is 2. The Morgan fingerprint density at radius 3 is 3.00 bits per heavy atom. The van der Waals surface area contributed by atoms with Crippen LogP contribution in [0.5, 0.6) is 5.75 Å². The van der Waals surface area contributed by atoms with E-state index < -0.39 is 5.91 Å². The molecule has 0 atom stereocenters. The summed E-state index contributed by atoms with van der Waals surface area (Å²) in [4.78, 5) is 11.1. The minimum atomic E-state index is -0.523. The van der Waals surface area contributed by atoms with E-state index in [9.17, 15) is 4.79 Å². The number of aromatic nitrogens is 2. The zero-order chi connectivity index (χ0) is 11.0. The number of pyridine rings is 1. The van der Waals surface area contributed by atoms with Gasteiger partial charge in [-0.2, -0.15) is 5.10 Å². The van der Waals surface area contributed by atoms with Crippen molar-refractivity contribution in [3.8, 4) is 5.75 Å². The first kappa shape index (κ1) is 9.97. The number of methoxy groups -OCH3 is 1. The summed E-state index contributed by atoms with van der Waals surface area (Å²) < 4.78 is 7.51. The highest BCUT2D eigenvalue weighted by Crippen LogP contribution is 2.26. The van der Waals surface area contributed by atoms with E-state index in [0.29, 0.717) is 16.8 Å². The molecule has 2 N–H and O–H groups in total. The molecular formula is C9H8BrN3O2. The smallest absolute Gasteiger partial charge is 0.252 e. The van der Waals surface area contributed by atoms with Crippen LogP contribution in [0.1, 0.15) is 10.4 Å². The average Bonchev–Trinajstić information content (AvgIpc) is 2.59. The first-order valence-electron chi connectivity index (χ1n) is 4.14. The van der Waals surface area contributed by atoms with Crippen molar-refractivity contribution in [2.24, 2.45) is 5.73 Å². The zero-order valence-electron chi connectivity index (χ0n) is 7.90. The Hall–Kier alpha value is -1.56. The van der Waals surface area contributed by atoms with Gasteiger partial charge in [-0.25, -0.2) is 4.52 Å². The molecule has 0 bridgehead atoms. The van der Waals surface area contributed by atoms with Crippen molar-refractivity contribution >= 4 is 27.4 Å². The van der Waals surface area contributed by atoms with Crippen LogP contribution in [0.3, 0.4) is 0 Å². The standard InChI is InChI=1S/C9H8BrN3O2/c1-15-7-2-5(10)4-13-8(7)6(3-12-13)9(11)14/h2-4H,1H3,(H2,11,14). The molecule has 78 valence electrons. The molecule has 2 heterocycles. The summed E-state index contributed by atoms with van der Waals surface area (Å²) in [7, 11) is 1.53. The van der Waals surface area contributed by atoms with Crippen LogP contribution < -0.4 is 10.5 Å². The number of halogens is 1. The summed E-state index contributed by atoms with van der Waals surface area (Å²) in [5, 5.41) is 4.02. The van der Waals surface area contributed by atoms with E-state index in [1.165, 1.54) is 13.3 Å². The van der Waals surface area contributed by atoms with E-state index in [1.54, 1.807) is 16.8 Å². The second-order valence-corrected chi connectivity index (χ2v) is 3.86. The van der Waals surface area contributed by atoms with Gasteiger partial charge >= 0.3 is 0 Å². The van der Waals surface area contributed by atoms with Crippen molar-refractivity contribution < 1.29 is 9.53 Å². The molecule has 0 fully saturated rings. The van der Waals surface area contributed by atoms with Crippen LogP contribution in [0.2, 0.25) is 0 Å². The average molecular weight is 270 g/mol. The summed E-state index contributed by atoms with van der Waals surface area (Å²) in [6.07, 6.45) is 3.15. The molecule has 0 aliphatic rings. The van der Waals surface area contributed by atoms with Gasteiger partial charge < -0.3 is 10.5 Å². The molecule has 2 aromatic rings. The van der Waals surface area contributed by atoms with Gasteiger partial charge in [0.2, 0.25) is 0 Å². The highest BCUT2D eigenvalue weighted by molar-refractivity contribution is 9.10. The lowest BCUT2D eigenvalue weighted by atomic mass is 10.2. The second-order valence-electron chi connectivity index (χ2n) is 2.94. The Bertz CT molecular complexity index is 535. The van der Waals surface area contributed by atoms with Gasteiger partial charge in [-0.1, -0.05) is 0 Å². The van der Waals surface area contributed by atoms with Gasteiger partial charge in [-0.05, 0) is 22.0 Å². The Balaban J connectivity index is 2.83. The number of ether oxygens (including phenoxy) is 1. The van der Waals surface area contributed by atoms with E-state index >= 15 is 0 Å². The quantitative estimate of drug-likeness (QED) is 0.891. The Kier molecular flexibility index (Phi) is 2.36. The van der Waals surface area contributed by atoms with Crippen molar-refractivity contribution in [2.75, 3.05) is 7.11 Å². The van der Waals surface area contributed by atoms with E-state index in [4.69, 9.17) is 10.5 Å². The summed E-state index contributed by atoms with van der Waals surface area (Å²) in [6.45, 7) is 0. The Labute approximate surface area is 94.0 Å². The molecule has 0 spiro atoms. The number of nitrogens with two attached hydrogens (primary N) is 1. The van der Waals surface area contributed by atoms with E-state index in [1.807, 2.05) is 0 Å².